The van der Waals surface area contributed by atoms with Gasteiger partial charge < -0.3 is 9.47 Å². The van der Waals surface area contributed by atoms with E-state index < -0.39 is 0 Å². The van der Waals surface area contributed by atoms with Crippen molar-refractivity contribution in [1.82, 2.24) is 0 Å². The molecule has 0 saturated carbocycles. The minimum atomic E-state index is -0.191. The molecule has 0 spiro atoms. The summed E-state index contributed by atoms with van der Waals surface area (Å²) in [7, 11) is 0. The van der Waals surface area contributed by atoms with Gasteiger partial charge in [-0.3, -0.25) is 0 Å². The second-order valence-electron chi connectivity index (χ2n) is 3.88. The highest BCUT2D eigenvalue weighted by Crippen LogP contribution is 2.42. The second-order valence-corrected chi connectivity index (χ2v) is 3.88. The quantitative estimate of drug-likeness (QED) is 0.634. The van der Waals surface area contributed by atoms with Crippen molar-refractivity contribution in [3.8, 4) is 0 Å². The number of rotatable bonds is 2. The van der Waals surface area contributed by atoms with E-state index in [1.165, 1.54) is 12.8 Å². The first-order chi connectivity index (χ1) is 5.79. The van der Waals surface area contributed by atoms with Crippen molar-refractivity contribution in [2.45, 2.75) is 63.9 Å². The fraction of sp³-hybridized carbons (Fsp3) is 1.00. The molecule has 0 radical (unpaired) electrons. The zero-order valence-electron chi connectivity index (χ0n) is 8.01. The van der Waals surface area contributed by atoms with Gasteiger partial charge in [0.2, 0.25) is 0 Å². The molecule has 3 atom stereocenters. The van der Waals surface area contributed by atoms with E-state index in [-0.39, 0.29) is 5.79 Å². The molecule has 2 nitrogen and oxygen atoms in total. The Morgan fingerprint density at radius 3 is 2.75 bits per heavy atom. The predicted molar refractivity (Wildman–Crippen MR) is 46.9 cm³/mol. The first-order valence-corrected chi connectivity index (χ1v) is 5.15. The molecule has 70 valence electrons. The summed E-state index contributed by atoms with van der Waals surface area (Å²) in [5.41, 5.74) is 0. The molecular weight excluding hydrogens is 152 g/mol. The molecule has 2 rings (SSSR count). The van der Waals surface area contributed by atoms with E-state index in [1.807, 2.05) is 0 Å². The lowest BCUT2D eigenvalue weighted by Gasteiger charge is -2.30. The maximum atomic E-state index is 5.95. The van der Waals surface area contributed by atoms with Crippen molar-refractivity contribution in [1.29, 1.82) is 0 Å². The molecule has 3 unspecified atom stereocenters. The summed E-state index contributed by atoms with van der Waals surface area (Å²) in [6.07, 6.45) is 6.41. The Hall–Kier alpha value is -0.0800. The summed E-state index contributed by atoms with van der Waals surface area (Å²) in [6.45, 7) is 4.33. The lowest BCUT2D eigenvalue weighted by molar-refractivity contribution is -0.194. The minimum absolute atomic E-state index is 0.191. The SMILES string of the molecule is CCC1OC2(CC)CCCC1O2. The van der Waals surface area contributed by atoms with Crippen molar-refractivity contribution in [3.05, 3.63) is 0 Å². The highest BCUT2D eigenvalue weighted by Gasteiger charge is 2.47. The van der Waals surface area contributed by atoms with Crippen molar-refractivity contribution in [2.75, 3.05) is 0 Å². The molecule has 2 bridgehead atoms. The van der Waals surface area contributed by atoms with Crippen molar-refractivity contribution >= 4 is 0 Å². The van der Waals surface area contributed by atoms with Crippen LogP contribution >= 0.6 is 0 Å². The fourth-order valence-electron chi connectivity index (χ4n) is 2.36. The minimum Gasteiger partial charge on any atom is -0.344 e. The topological polar surface area (TPSA) is 18.5 Å². The van der Waals surface area contributed by atoms with E-state index in [0.717, 1.165) is 19.3 Å². The second kappa shape index (κ2) is 3.00. The van der Waals surface area contributed by atoms with Gasteiger partial charge in [-0.1, -0.05) is 13.8 Å². The largest absolute Gasteiger partial charge is 0.344 e. The summed E-state index contributed by atoms with van der Waals surface area (Å²) in [6, 6.07) is 0. The normalized spacial score (nSPS) is 46.5. The van der Waals surface area contributed by atoms with Gasteiger partial charge in [0.15, 0.2) is 5.79 Å². The van der Waals surface area contributed by atoms with Crippen LogP contribution in [0.4, 0.5) is 0 Å². The van der Waals surface area contributed by atoms with Crippen LogP contribution < -0.4 is 0 Å². The zero-order valence-corrected chi connectivity index (χ0v) is 8.01. The number of fused-ring (bicyclic) bond motifs is 2. The Labute approximate surface area is 74.2 Å². The number of hydrogen-bond acceptors (Lipinski definition) is 2. The molecule has 2 heteroatoms. The van der Waals surface area contributed by atoms with Crippen LogP contribution in [0.15, 0.2) is 0 Å². The van der Waals surface area contributed by atoms with Crippen molar-refractivity contribution in [2.24, 2.45) is 0 Å². The molecule has 2 aliphatic heterocycles. The predicted octanol–water partition coefficient (Wildman–Crippen LogP) is 2.47. The van der Waals surface area contributed by atoms with Crippen molar-refractivity contribution in [3.63, 3.8) is 0 Å². The highest BCUT2D eigenvalue weighted by molar-refractivity contribution is 4.89. The van der Waals surface area contributed by atoms with Crippen LogP contribution in [0.25, 0.3) is 0 Å². The summed E-state index contributed by atoms with van der Waals surface area (Å²) in [5.74, 6) is -0.191. The van der Waals surface area contributed by atoms with Gasteiger partial charge in [-0.05, 0) is 25.7 Å². The van der Waals surface area contributed by atoms with Crippen LogP contribution in [0.5, 0.6) is 0 Å². The first-order valence-electron chi connectivity index (χ1n) is 5.15. The molecular formula is C10H18O2. The van der Waals surface area contributed by atoms with Gasteiger partial charge in [-0.25, -0.2) is 0 Å². The molecule has 12 heavy (non-hydrogen) atoms. The summed E-state index contributed by atoms with van der Waals surface area (Å²) >= 11 is 0. The standard InChI is InChI=1S/C10H18O2/c1-3-8-9-6-5-7-10(4-2,11-8)12-9/h8-9H,3-7H2,1-2H3. The highest BCUT2D eigenvalue weighted by atomic mass is 16.8. The smallest absolute Gasteiger partial charge is 0.169 e. The molecule has 2 fully saturated rings. The molecule has 0 aromatic carbocycles. The third-order valence-electron chi connectivity index (χ3n) is 3.13. The molecule has 0 N–H and O–H groups in total. The average Bonchev–Trinajstić information content (AvgIpc) is 2.39. The van der Waals surface area contributed by atoms with Crippen LogP contribution in [-0.2, 0) is 9.47 Å². The van der Waals surface area contributed by atoms with E-state index in [9.17, 15) is 0 Å². The number of ether oxygens (including phenoxy) is 2. The van der Waals surface area contributed by atoms with Gasteiger partial charge >= 0.3 is 0 Å². The Kier molecular flexibility index (Phi) is 2.13. The molecule has 0 amide bonds. The van der Waals surface area contributed by atoms with Crippen LogP contribution in [0.1, 0.15) is 46.0 Å². The van der Waals surface area contributed by atoms with Crippen molar-refractivity contribution < 1.29 is 9.47 Å². The van der Waals surface area contributed by atoms with E-state index >= 15 is 0 Å². The third kappa shape index (κ3) is 1.17. The Morgan fingerprint density at radius 2 is 2.17 bits per heavy atom. The fourth-order valence-corrected chi connectivity index (χ4v) is 2.36. The van der Waals surface area contributed by atoms with E-state index in [2.05, 4.69) is 13.8 Å². The van der Waals surface area contributed by atoms with E-state index in [0.29, 0.717) is 12.2 Å². The van der Waals surface area contributed by atoms with Crippen LogP contribution in [0, 0.1) is 0 Å². The molecule has 2 aliphatic rings. The number of hydrogen-bond donors (Lipinski definition) is 0. The molecule has 0 aliphatic carbocycles. The third-order valence-corrected chi connectivity index (χ3v) is 3.13. The summed E-state index contributed by atoms with van der Waals surface area (Å²) < 4.78 is 11.9. The molecule has 2 saturated heterocycles. The Morgan fingerprint density at radius 1 is 1.33 bits per heavy atom. The molecule has 2 heterocycles. The Bertz CT molecular complexity index is 169. The molecule has 0 aromatic heterocycles. The van der Waals surface area contributed by atoms with Crippen LogP contribution in [0.2, 0.25) is 0 Å². The van der Waals surface area contributed by atoms with Gasteiger partial charge in [-0.2, -0.15) is 0 Å². The monoisotopic (exact) mass is 170 g/mol. The van der Waals surface area contributed by atoms with Gasteiger partial charge in [-0.15, -0.1) is 0 Å². The van der Waals surface area contributed by atoms with E-state index in [1.54, 1.807) is 0 Å². The van der Waals surface area contributed by atoms with Gasteiger partial charge in [0.05, 0.1) is 12.2 Å². The Balaban J connectivity index is 2.10. The van der Waals surface area contributed by atoms with Gasteiger partial charge in [0.1, 0.15) is 0 Å². The van der Waals surface area contributed by atoms with E-state index in [4.69, 9.17) is 9.47 Å². The van der Waals surface area contributed by atoms with Crippen LogP contribution in [0.3, 0.4) is 0 Å². The lowest BCUT2D eigenvalue weighted by atomic mass is 10.00. The maximum Gasteiger partial charge on any atom is 0.169 e. The molecule has 0 aromatic rings. The lowest BCUT2D eigenvalue weighted by Crippen LogP contribution is -2.33. The van der Waals surface area contributed by atoms with Gasteiger partial charge in [0, 0.05) is 6.42 Å². The zero-order chi connectivity index (χ0) is 8.60. The average molecular weight is 170 g/mol. The van der Waals surface area contributed by atoms with Crippen LogP contribution in [-0.4, -0.2) is 18.0 Å². The maximum absolute atomic E-state index is 5.95. The summed E-state index contributed by atoms with van der Waals surface area (Å²) in [5, 5.41) is 0. The summed E-state index contributed by atoms with van der Waals surface area (Å²) in [4.78, 5) is 0. The first kappa shape index (κ1) is 8.52. The van der Waals surface area contributed by atoms with Gasteiger partial charge in [0.25, 0.3) is 0 Å².